The van der Waals surface area contributed by atoms with Gasteiger partial charge in [0.1, 0.15) is 5.92 Å². The summed E-state index contributed by atoms with van der Waals surface area (Å²) in [5.74, 6) is -1.32. The maximum Gasteiger partial charge on any atom is 0.262 e. The SMILES string of the molecule is O=C1[C@H]2[C@H](ON(c3ccccc3)[C@@H]2c2ccc(Cl)cc2Cl)C(=O)N1Cc1ccccc1. The van der Waals surface area contributed by atoms with Gasteiger partial charge in [-0.05, 0) is 35.4 Å². The molecule has 5 nitrogen and oxygen atoms in total. The van der Waals surface area contributed by atoms with E-state index in [1.807, 2.05) is 60.7 Å². The summed E-state index contributed by atoms with van der Waals surface area (Å²) in [4.78, 5) is 34.0. The number of amides is 2. The van der Waals surface area contributed by atoms with Gasteiger partial charge in [-0.15, -0.1) is 0 Å². The summed E-state index contributed by atoms with van der Waals surface area (Å²) in [6.45, 7) is 0.210. The number of carbonyl (C=O) groups excluding carboxylic acids is 2. The summed E-state index contributed by atoms with van der Waals surface area (Å²) in [6, 6.07) is 23.4. The number of nitrogens with zero attached hydrogens (tertiary/aromatic N) is 2. The minimum Gasteiger partial charge on any atom is -0.275 e. The first kappa shape index (κ1) is 20.1. The lowest BCUT2D eigenvalue weighted by Crippen LogP contribution is -2.37. The number of likely N-dealkylation sites (tertiary alicyclic amines) is 1. The van der Waals surface area contributed by atoms with Crippen molar-refractivity contribution in [3.63, 3.8) is 0 Å². The molecule has 0 saturated carbocycles. The fraction of sp³-hybridized carbons (Fsp3) is 0.167. The van der Waals surface area contributed by atoms with E-state index in [-0.39, 0.29) is 18.4 Å². The summed E-state index contributed by atoms with van der Waals surface area (Å²) < 4.78 is 0. The fourth-order valence-electron chi connectivity index (χ4n) is 4.25. The third kappa shape index (κ3) is 3.49. The van der Waals surface area contributed by atoms with E-state index in [2.05, 4.69) is 0 Å². The van der Waals surface area contributed by atoms with Crippen molar-refractivity contribution in [2.24, 2.45) is 5.92 Å². The molecule has 31 heavy (non-hydrogen) atoms. The number of benzene rings is 3. The van der Waals surface area contributed by atoms with E-state index in [0.717, 1.165) is 11.3 Å². The molecule has 0 N–H and O–H groups in total. The van der Waals surface area contributed by atoms with Crippen LogP contribution in [0.5, 0.6) is 0 Å². The van der Waals surface area contributed by atoms with Crippen molar-refractivity contribution in [1.29, 1.82) is 0 Å². The number of para-hydroxylation sites is 1. The van der Waals surface area contributed by atoms with E-state index < -0.39 is 18.1 Å². The molecule has 2 amide bonds. The van der Waals surface area contributed by atoms with Crippen LogP contribution in [0.1, 0.15) is 17.2 Å². The van der Waals surface area contributed by atoms with Crippen LogP contribution in [-0.2, 0) is 21.0 Å². The highest BCUT2D eigenvalue weighted by atomic mass is 35.5. The monoisotopic (exact) mass is 452 g/mol. The number of hydroxylamine groups is 1. The van der Waals surface area contributed by atoms with E-state index in [0.29, 0.717) is 15.6 Å². The zero-order valence-electron chi connectivity index (χ0n) is 16.3. The van der Waals surface area contributed by atoms with Gasteiger partial charge in [0, 0.05) is 10.0 Å². The van der Waals surface area contributed by atoms with Gasteiger partial charge in [-0.2, -0.15) is 0 Å². The largest absolute Gasteiger partial charge is 0.275 e. The standard InChI is InChI=1S/C24H18Cl2N2O3/c25-16-11-12-18(19(26)13-16)21-20-22(31-28(21)17-9-5-2-6-10-17)24(30)27(23(20)29)14-15-7-3-1-4-8-15/h1-13,20-22H,14H2/t20-,21-,22+/m1/s1. The predicted molar refractivity (Wildman–Crippen MR) is 118 cm³/mol. The molecule has 156 valence electrons. The van der Waals surface area contributed by atoms with Crippen molar-refractivity contribution >= 4 is 40.7 Å². The number of halogens is 2. The maximum atomic E-state index is 13.5. The van der Waals surface area contributed by atoms with Crippen molar-refractivity contribution in [3.8, 4) is 0 Å². The number of rotatable bonds is 4. The Morgan fingerprint density at radius 2 is 1.52 bits per heavy atom. The van der Waals surface area contributed by atoms with Crippen molar-refractivity contribution in [2.45, 2.75) is 18.7 Å². The number of imide groups is 1. The van der Waals surface area contributed by atoms with Crippen LogP contribution in [-0.4, -0.2) is 22.8 Å². The molecule has 3 atom stereocenters. The minimum absolute atomic E-state index is 0.210. The lowest BCUT2D eigenvalue weighted by molar-refractivity contribution is -0.143. The Balaban J connectivity index is 1.55. The average molecular weight is 453 g/mol. The Kier molecular flexibility index (Phi) is 5.18. The highest BCUT2D eigenvalue weighted by Crippen LogP contribution is 2.48. The Hall–Kier alpha value is -2.86. The van der Waals surface area contributed by atoms with Crippen LogP contribution in [0.4, 0.5) is 5.69 Å². The normalized spacial score (nSPS) is 22.8. The molecule has 2 aliphatic heterocycles. The van der Waals surface area contributed by atoms with E-state index in [1.54, 1.807) is 23.3 Å². The fourth-order valence-corrected chi connectivity index (χ4v) is 4.77. The van der Waals surface area contributed by atoms with Crippen LogP contribution >= 0.6 is 23.2 Å². The van der Waals surface area contributed by atoms with Gasteiger partial charge in [-0.25, -0.2) is 5.06 Å². The molecule has 3 aromatic rings. The Bertz CT molecular complexity index is 1140. The van der Waals surface area contributed by atoms with E-state index in [9.17, 15) is 9.59 Å². The molecular formula is C24H18Cl2N2O3. The van der Waals surface area contributed by atoms with Gasteiger partial charge in [0.25, 0.3) is 5.91 Å². The molecule has 7 heteroatoms. The number of fused-ring (bicyclic) bond motifs is 1. The Labute approximate surface area is 189 Å². The summed E-state index contributed by atoms with van der Waals surface area (Å²) in [5.41, 5.74) is 2.30. The van der Waals surface area contributed by atoms with Gasteiger partial charge in [0.2, 0.25) is 5.91 Å². The van der Waals surface area contributed by atoms with E-state index in [1.165, 1.54) is 4.90 Å². The lowest BCUT2D eigenvalue weighted by Gasteiger charge is -2.29. The summed E-state index contributed by atoms with van der Waals surface area (Å²) in [5, 5.41) is 2.54. The lowest BCUT2D eigenvalue weighted by atomic mass is 9.90. The van der Waals surface area contributed by atoms with Gasteiger partial charge in [0.05, 0.1) is 18.3 Å². The highest BCUT2D eigenvalue weighted by Gasteiger charge is 2.60. The van der Waals surface area contributed by atoms with Crippen molar-refractivity contribution in [3.05, 3.63) is 100 Å². The van der Waals surface area contributed by atoms with Gasteiger partial charge >= 0.3 is 0 Å². The molecule has 2 aliphatic rings. The van der Waals surface area contributed by atoms with Gasteiger partial charge in [-0.1, -0.05) is 77.8 Å². The third-order valence-corrected chi connectivity index (χ3v) is 6.24. The molecule has 0 aromatic heterocycles. The molecule has 2 fully saturated rings. The second-order valence-electron chi connectivity index (χ2n) is 7.57. The molecule has 0 aliphatic carbocycles. The first-order valence-corrected chi connectivity index (χ1v) is 10.7. The number of anilines is 1. The second-order valence-corrected chi connectivity index (χ2v) is 8.42. The molecular weight excluding hydrogens is 435 g/mol. The first-order chi connectivity index (χ1) is 15.0. The summed E-state index contributed by atoms with van der Waals surface area (Å²) in [6.07, 6.45) is -0.909. The van der Waals surface area contributed by atoms with Crippen LogP contribution in [0, 0.1) is 5.92 Å². The predicted octanol–water partition coefficient (Wildman–Crippen LogP) is 5.04. The summed E-state index contributed by atoms with van der Waals surface area (Å²) >= 11 is 12.6. The van der Waals surface area contributed by atoms with Crippen LogP contribution < -0.4 is 5.06 Å². The van der Waals surface area contributed by atoms with Gasteiger partial charge in [0.15, 0.2) is 6.10 Å². The number of hydrogen-bond donors (Lipinski definition) is 0. The molecule has 0 bridgehead atoms. The average Bonchev–Trinajstić information content (AvgIpc) is 3.27. The molecule has 2 saturated heterocycles. The smallest absolute Gasteiger partial charge is 0.262 e. The number of hydrogen-bond acceptors (Lipinski definition) is 4. The minimum atomic E-state index is -0.909. The molecule has 0 unspecified atom stereocenters. The van der Waals surface area contributed by atoms with Crippen molar-refractivity contribution in [1.82, 2.24) is 4.90 Å². The second kappa shape index (κ2) is 8.00. The van der Waals surface area contributed by atoms with Crippen molar-refractivity contribution in [2.75, 3.05) is 5.06 Å². The highest BCUT2D eigenvalue weighted by molar-refractivity contribution is 6.35. The zero-order chi connectivity index (χ0) is 21.5. The Morgan fingerprint density at radius 3 is 2.19 bits per heavy atom. The van der Waals surface area contributed by atoms with Crippen LogP contribution in [0.15, 0.2) is 78.9 Å². The molecule has 0 radical (unpaired) electrons. The van der Waals surface area contributed by atoms with Gasteiger partial charge < -0.3 is 0 Å². The van der Waals surface area contributed by atoms with Gasteiger partial charge in [-0.3, -0.25) is 19.3 Å². The quantitative estimate of drug-likeness (QED) is 0.520. The third-order valence-electron chi connectivity index (χ3n) is 5.68. The Morgan fingerprint density at radius 1 is 0.839 bits per heavy atom. The molecule has 5 rings (SSSR count). The molecule has 3 aromatic carbocycles. The van der Waals surface area contributed by atoms with Crippen molar-refractivity contribution < 1.29 is 14.4 Å². The van der Waals surface area contributed by atoms with E-state index in [4.69, 9.17) is 28.0 Å². The maximum absolute atomic E-state index is 13.5. The molecule has 0 spiro atoms. The number of carbonyl (C=O) groups is 2. The summed E-state index contributed by atoms with van der Waals surface area (Å²) in [7, 11) is 0. The topological polar surface area (TPSA) is 49.9 Å². The van der Waals surface area contributed by atoms with E-state index >= 15 is 0 Å². The van der Waals surface area contributed by atoms with Crippen LogP contribution in [0.3, 0.4) is 0 Å². The van der Waals surface area contributed by atoms with Crippen LogP contribution in [0.2, 0.25) is 10.0 Å². The first-order valence-electron chi connectivity index (χ1n) is 9.90. The molecule has 2 heterocycles. The zero-order valence-corrected chi connectivity index (χ0v) is 17.8. The van der Waals surface area contributed by atoms with Crippen LogP contribution in [0.25, 0.3) is 0 Å².